The van der Waals surface area contributed by atoms with E-state index in [0.717, 1.165) is 12.0 Å². The third-order valence-corrected chi connectivity index (χ3v) is 8.59. The molecule has 0 bridgehead atoms. The van der Waals surface area contributed by atoms with Crippen molar-refractivity contribution in [2.75, 3.05) is 18.8 Å². The smallest absolute Gasteiger partial charge is 0.272 e. The van der Waals surface area contributed by atoms with Crippen LogP contribution in [-0.2, 0) is 27.6 Å². The number of carbonyl (C=O) groups excluding carboxylic acids is 2. The van der Waals surface area contributed by atoms with Gasteiger partial charge < -0.3 is 21.1 Å². The maximum absolute atomic E-state index is 13.2. The Morgan fingerprint density at radius 2 is 1.74 bits per heavy atom. The number of sulfone groups is 1. The fraction of sp³-hybridized carbons (Fsp3) is 0.593. The number of hydrogen-bond donors (Lipinski definition) is 5. The first-order valence-corrected chi connectivity index (χ1v) is 15.1. The maximum atomic E-state index is 13.2. The van der Waals surface area contributed by atoms with E-state index in [1.165, 1.54) is 11.6 Å². The van der Waals surface area contributed by atoms with Gasteiger partial charge in [0.05, 0.1) is 17.1 Å². The summed E-state index contributed by atoms with van der Waals surface area (Å²) in [6.07, 6.45) is 2.41. The fourth-order valence-electron chi connectivity index (χ4n) is 4.22. The molecule has 2 amide bonds. The summed E-state index contributed by atoms with van der Waals surface area (Å²) in [5, 5.41) is 24.7. The summed E-state index contributed by atoms with van der Waals surface area (Å²) >= 11 is 0. The zero-order valence-electron chi connectivity index (χ0n) is 22.9. The van der Waals surface area contributed by atoms with E-state index in [2.05, 4.69) is 45.2 Å². The van der Waals surface area contributed by atoms with Crippen LogP contribution in [0.25, 0.3) is 0 Å². The maximum Gasteiger partial charge on any atom is 0.272 e. The minimum atomic E-state index is -3.68. The quantitative estimate of drug-likeness (QED) is 0.202. The number of nitrogens with one attached hydrogen (secondary N) is 4. The number of nitrogens with zero attached hydrogens (tertiary/aromatic N) is 1. The van der Waals surface area contributed by atoms with Crippen LogP contribution < -0.4 is 16.0 Å². The molecule has 0 fully saturated rings. The van der Waals surface area contributed by atoms with Crippen LogP contribution in [0.3, 0.4) is 0 Å². The van der Waals surface area contributed by atoms with Gasteiger partial charge in [0.25, 0.3) is 5.91 Å². The highest BCUT2D eigenvalue weighted by atomic mass is 32.2. The number of amides is 2. The predicted molar refractivity (Wildman–Crippen MR) is 149 cm³/mol. The molecule has 5 N–H and O–H groups in total. The lowest BCUT2D eigenvalue weighted by Gasteiger charge is -2.23. The minimum absolute atomic E-state index is 0.0627. The highest BCUT2D eigenvalue weighted by molar-refractivity contribution is 7.92. The molecule has 0 aliphatic carbocycles. The molecule has 1 heterocycles. The Morgan fingerprint density at radius 1 is 1.05 bits per heavy atom. The summed E-state index contributed by atoms with van der Waals surface area (Å²) in [5.74, 6) is -1.85. The molecule has 38 heavy (non-hydrogen) atoms. The normalized spacial score (nSPS) is 13.3. The van der Waals surface area contributed by atoms with Crippen molar-refractivity contribution < 1.29 is 23.1 Å². The molecule has 0 aliphatic rings. The molecule has 0 radical (unpaired) electrons. The number of aliphatic hydroxyl groups excluding tert-OH is 1. The lowest BCUT2D eigenvalue weighted by atomic mass is 10.1. The largest absolute Gasteiger partial charge is 0.390 e. The first-order chi connectivity index (χ1) is 18.1. The molecule has 0 aliphatic heterocycles. The SMILES string of the molecule is CCCC(CCC)S(=O)(=O)C[C@@H](NC(=O)c1cc(C)[nH]n1)C(=O)NC[C@H](O)CNCc1cccc(CC)c1. The molecule has 10 nitrogen and oxygen atoms in total. The van der Waals surface area contributed by atoms with Crippen LogP contribution in [0.4, 0.5) is 0 Å². The molecule has 212 valence electrons. The van der Waals surface area contributed by atoms with Gasteiger partial charge in [0.2, 0.25) is 5.91 Å². The summed E-state index contributed by atoms with van der Waals surface area (Å²) in [5.41, 5.74) is 3.04. The number of carbonyl (C=O) groups is 2. The van der Waals surface area contributed by atoms with Crippen molar-refractivity contribution in [3.05, 3.63) is 52.8 Å². The highest BCUT2D eigenvalue weighted by Crippen LogP contribution is 2.17. The minimum Gasteiger partial charge on any atom is -0.390 e. The van der Waals surface area contributed by atoms with Crippen LogP contribution in [0.15, 0.2) is 30.3 Å². The van der Waals surface area contributed by atoms with Gasteiger partial charge in [0.15, 0.2) is 9.84 Å². The van der Waals surface area contributed by atoms with Gasteiger partial charge in [0.1, 0.15) is 11.7 Å². The molecule has 11 heteroatoms. The number of aromatic amines is 1. The molecular formula is C27H43N5O5S. The van der Waals surface area contributed by atoms with E-state index >= 15 is 0 Å². The van der Waals surface area contributed by atoms with E-state index in [-0.39, 0.29) is 18.8 Å². The Hall–Kier alpha value is -2.76. The molecule has 2 rings (SSSR count). The number of aliphatic hydroxyl groups is 1. The third kappa shape index (κ3) is 10.2. The lowest BCUT2D eigenvalue weighted by molar-refractivity contribution is -0.122. The second-order valence-corrected chi connectivity index (χ2v) is 12.0. The van der Waals surface area contributed by atoms with Crippen molar-refractivity contribution in [3.8, 4) is 0 Å². The van der Waals surface area contributed by atoms with Gasteiger partial charge in [0, 0.05) is 25.3 Å². The predicted octanol–water partition coefficient (Wildman–Crippen LogP) is 2.03. The number of aromatic nitrogens is 2. The van der Waals surface area contributed by atoms with E-state index in [1.807, 2.05) is 26.0 Å². The summed E-state index contributed by atoms with van der Waals surface area (Å²) in [6.45, 7) is 8.35. The lowest BCUT2D eigenvalue weighted by Crippen LogP contribution is -2.53. The van der Waals surface area contributed by atoms with Gasteiger partial charge in [-0.3, -0.25) is 14.7 Å². The summed E-state index contributed by atoms with van der Waals surface area (Å²) in [4.78, 5) is 25.8. The standard InChI is InChI=1S/C27H43N5O5S/c1-5-9-23(10-6-2)38(36,37)18-25(30-27(35)24-13-19(4)31-32-24)26(34)29-17-22(33)16-28-15-21-12-8-11-20(7-3)14-21/h8,11-14,22-23,25,28,33H,5-7,9-10,15-18H2,1-4H3,(H,29,34)(H,30,35)(H,31,32)/t22-,25-/m1/s1. The van der Waals surface area contributed by atoms with Gasteiger partial charge >= 0.3 is 0 Å². The topological polar surface area (TPSA) is 153 Å². The van der Waals surface area contributed by atoms with Crippen molar-refractivity contribution in [2.24, 2.45) is 0 Å². The summed E-state index contributed by atoms with van der Waals surface area (Å²) in [7, 11) is -3.68. The number of rotatable bonds is 17. The highest BCUT2D eigenvalue weighted by Gasteiger charge is 2.32. The Bertz CT molecular complexity index is 1130. The molecule has 2 atom stereocenters. The zero-order chi connectivity index (χ0) is 28.1. The number of H-pyrrole nitrogens is 1. The van der Waals surface area contributed by atoms with Gasteiger partial charge in [-0.2, -0.15) is 5.10 Å². The van der Waals surface area contributed by atoms with Crippen molar-refractivity contribution in [3.63, 3.8) is 0 Å². The van der Waals surface area contributed by atoms with Crippen LogP contribution in [0.1, 0.15) is 73.8 Å². The second kappa shape index (κ2) is 15.6. The van der Waals surface area contributed by atoms with Crippen LogP contribution in [0, 0.1) is 6.92 Å². The Morgan fingerprint density at radius 3 is 2.34 bits per heavy atom. The van der Waals surface area contributed by atoms with Crippen LogP contribution in [0.5, 0.6) is 0 Å². The second-order valence-electron chi connectivity index (χ2n) is 9.69. The first kappa shape index (κ1) is 31.5. The Labute approximate surface area is 226 Å². The summed E-state index contributed by atoms with van der Waals surface area (Å²) < 4.78 is 26.4. The molecule has 0 saturated heterocycles. The Balaban J connectivity index is 2.02. The van der Waals surface area contributed by atoms with Crippen molar-refractivity contribution in [1.82, 2.24) is 26.1 Å². The van der Waals surface area contributed by atoms with E-state index in [0.29, 0.717) is 37.9 Å². The average molecular weight is 550 g/mol. The Kier molecular flexibility index (Phi) is 12.9. The zero-order valence-corrected chi connectivity index (χ0v) is 23.7. The van der Waals surface area contributed by atoms with Crippen LogP contribution >= 0.6 is 0 Å². The van der Waals surface area contributed by atoms with Crippen molar-refractivity contribution in [2.45, 2.75) is 83.7 Å². The van der Waals surface area contributed by atoms with Crippen molar-refractivity contribution in [1.29, 1.82) is 0 Å². The molecule has 1 aromatic carbocycles. The molecule has 0 saturated carbocycles. The van der Waals surface area contributed by atoms with Gasteiger partial charge in [-0.05, 0) is 43.4 Å². The molecular weight excluding hydrogens is 506 g/mol. The van der Waals surface area contributed by atoms with Crippen LogP contribution in [-0.4, -0.2) is 71.8 Å². The summed E-state index contributed by atoms with van der Waals surface area (Å²) in [6, 6.07) is 8.34. The van der Waals surface area contributed by atoms with E-state index < -0.39 is 44.8 Å². The van der Waals surface area contributed by atoms with E-state index in [1.54, 1.807) is 6.92 Å². The number of benzene rings is 1. The first-order valence-electron chi connectivity index (χ1n) is 13.4. The number of aryl methyl sites for hydroxylation is 2. The van der Waals surface area contributed by atoms with Gasteiger partial charge in [-0.15, -0.1) is 0 Å². The van der Waals surface area contributed by atoms with E-state index in [9.17, 15) is 23.1 Å². The fourth-order valence-corrected chi connectivity index (χ4v) is 6.38. The molecule has 2 aromatic rings. The van der Waals surface area contributed by atoms with Crippen LogP contribution in [0.2, 0.25) is 0 Å². The van der Waals surface area contributed by atoms with Gasteiger partial charge in [-0.25, -0.2) is 8.42 Å². The molecule has 1 aromatic heterocycles. The third-order valence-electron chi connectivity index (χ3n) is 6.31. The van der Waals surface area contributed by atoms with E-state index in [4.69, 9.17) is 0 Å². The molecule has 0 spiro atoms. The monoisotopic (exact) mass is 549 g/mol. The van der Waals surface area contributed by atoms with Gasteiger partial charge in [-0.1, -0.05) is 57.9 Å². The average Bonchev–Trinajstić information content (AvgIpc) is 3.33. The van der Waals surface area contributed by atoms with Crippen molar-refractivity contribution >= 4 is 21.7 Å². The number of hydrogen-bond acceptors (Lipinski definition) is 7. The molecule has 0 unspecified atom stereocenters.